The lowest BCUT2D eigenvalue weighted by atomic mass is 9.99. The second kappa shape index (κ2) is 6.31. The Morgan fingerprint density at radius 2 is 1.83 bits per heavy atom. The number of hydrogen-bond acceptors (Lipinski definition) is 4. The Kier molecular flexibility index (Phi) is 4.20. The lowest BCUT2D eigenvalue weighted by Gasteiger charge is -2.15. The lowest BCUT2D eigenvalue weighted by Crippen LogP contribution is -2.16. The molecule has 2 heterocycles. The molecule has 0 aliphatic carbocycles. The molecule has 0 aliphatic heterocycles. The third-order valence-electron chi connectivity index (χ3n) is 4.04. The average Bonchev–Trinajstić information content (AvgIpc) is 2.63. The number of halogens is 1. The molecule has 3 aromatic rings. The van der Waals surface area contributed by atoms with E-state index in [1.807, 2.05) is 0 Å². The van der Waals surface area contributed by atoms with Crippen LogP contribution in [0.15, 0.2) is 41.6 Å². The fraction of sp³-hybridized carbons (Fsp3) is 0.222. The van der Waals surface area contributed by atoms with Crippen molar-refractivity contribution in [2.75, 3.05) is 14.2 Å². The van der Waals surface area contributed by atoms with Gasteiger partial charge < -0.3 is 14.0 Å². The molecule has 0 N–H and O–H groups in total. The Morgan fingerprint density at radius 1 is 1.17 bits per heavy atom. The van der Waals surface area contributed by atoms with Crippen molar-refractivity contribution in [2.24, 2.45) is 7.05 Å². The summed E-state index contributed by atoms with van der Waals surface area (Å²) in [5, 5.41) is 1.29. The van der Waals surface area contributed by atoms with Gasteiger partial charge in [-0.15, -0.1) is 0 Å². The van der Waals surface area contributed by atoms with Crippen LogP contribution in [0.3, 0.4) is 0 Å². The van der Waals surface area contributed by atoms with Gasteiger partial charge in [-0.3, -0.25) is 9.78 Å². The van der Waals surface area contributed by atoms with E-state index in [1.54, 1.807) is 43.8 Å². The van der Waals surface area contributed by atoms with Gasteiger partial charge in [0, 0.05) is 31.2 Å². The molecule has 5 nitrogen and oxygen atoms in total. The molecule has 0 unspecified atom stereocenters. The Balaban J connectivity index is 2.36. The van der Waals surface area contributed by atoms with E-state index in [-0.39, 0.29) is 5.56 Å². The summed E-state index contributed by atoms with van der Waals surface area (Å²) in [5.41, 5.74) is 1.82. The number of hydrogen-bond donors (Lipinski definition) is 0. The number of rotatable bonds is 4. The van der Waals surface area contributed by atoms with Gasteiger partial charge in [-0.25, -0.2) is 4.39 Å². The van der Waals surface area contributed by atoms with Crippen LogP contribution in [-0.4, -0.2) is 23.8 Å². The highest BCUT2D eigenvalue weighted by Gasteiger charge is 2.16. The maximum atomic E-state index is 13.3. The highest BCUT2D eigenvalue weighted by Crippen LogP contribution is 2.37. The molecule has 0 fully saturated rings. The number of pyridine rings is 2. The van der Waals surface area contributed by atoms with E-state index in [2.05, 4.69) is 4.98 Å². The van der Waals surface area contributed by atoms with E-state index < -0.39 is 6.67 Å². The summed E-state index contributed by atoms with van der Waals surface area (Å²) in [4.78, 5) is 16.3. The number of aryl methyl sites for hydroxylation is 1. The molecular weight excluding hydrogens is 311 g/mol. The third kappa shape index (κ3) is 2.50. The van der Waals surface area contributed by atoms with Crippen LogP contribution >= 0.6 is 0 Å². The fourth-order valence-electron chi connectivity index (χ4n) is 2.81. The summed E-state index contributed by atoms with van der Waals surface area (Å²) in [7, 11) is 4.66. The van der Waals surface area contributed by atoms with Crippen LogP contribution in [0.4, 0.5) is 4.39 Å². The molecule has 0 aliphatic rings. The van der Waals surface area contributed by atoms with Gasteiger partial charge in [-0.2, -0.15) is 0 Å². The first-order valence-corrected chi connectivity index (χ1v) is 7.35. The largest absolute Gasteiger partial charge is 0.496 e. The molecule has 0 spiro atoms. The lowest BCUT2D eigenvalue weighted by molar-refractivity contribution is 0.366. The zero-order valence-electron chi connectivity index (χ0n) is 13.7. The number of ether oxygens (including phenoxy) is 2. The van der Waals surface area contributed by atoms with Gasteiger partial charge in [0.2, 0.25) is 0 Å². The van der Waals surface area contributed by atoms with Gasteiger partial charge >= 0.3 is 0 Å². The minimum Gasteiger partial charge on any atom is -0.496 e. The van der Waals surface area contributed by atoms with Crippen LogP contribution in [0.2, 0.25) is 0 Å². The highest BCUT2D eigenvalue weighted by molar-refractivity contribution is 5.95. The van der Waals surface area contributed by atoms with Gasteiger partial charge in [0.25, 0.3) is 5.56 Å². The van der Waals surface area contributed by atoms with Crippen LogP contribution in [0.5, 0.6) is 11.5 Å². The number of aromatic nitrogens is 2. The number of benzene rings is 1. The second-order valence-corrected chi connectivity index (χ2v) is 5.37. The summed E-state index contributed by atoms with van der Waals surface area (Å²) < 4.78 is 25.4. The van der Waals surface area contributed by atoms with Crippen molar-refractivity contribution in [3.63, 3.8) is 0 Å². The second-order valence-electron chi connectivity index (χ2n) is 5.37. The molecule has 0 saturated carbocycles. The van der Waals surface area contributed by atoms with Gasteiger partial charge in [0.1, 0.15) is 18.2 Å². The summed E-state index contributed by atoms with van der Waals surface area (Å²) in [6, 6.07) is 5.28. The summed E-state index contributed by atoms with van der Waals surface area (Å²) in [6.45, 7) is -0.690. The van der Waals surface area contributed by atoms with E-state index in [0.29, 0.717) is 22.4 Å². The van der Waals surface area contributed by atoms with Crippen LogP contribution in [0.1, 0.15) is 5.56 Å². The zero-order chi connectivity index (χ0) is 17.3. The number of alkyl halides is 1. The van der Waals surface area contributed by atoms with E-state index in [9.17, 15) is 9.18 Å². The van der Waals surface area contributed by atoms with Gasteiger partial charge in [-0.1, -0.05) is 0 Å². The summed E-state index contributed by atoms with van der Waals surface area (Å²) in [6.07, 6.45) is 4.93. The minimum atomic E-state index is -0.690. The molecule has 24 heavy (non-hydrogen) atoms. The average molecular weight is 328 g/mol. The molecule has 0 atom stereocenters. The molecule has 3 rings (SSSR count). The third-order valence-corrected chi connectivity index (χ3v) is 4.04. The molecule has 0 bridgehead atoms. The van der Waals surface area contributed by atoms with Crippen molar-refractivity contribution in [1.82, 2.24) is 9.55 Å². The molecule has 2 aromatic heterocycles. The Bertz CT molecular complexity index is 941. The molecule has 0 radical (unpaired) electrons. The van der Waals surface area contributed by atoms with Crippen molar-refractivity contribution in [1.29, 1.82) is 0 Å². The Labute approximate surface area is 138 Å². The summed E-state index contributed by atoms with van der Waals surface area (Å²) >= 11 is 0. The van der Waals surface area contributed by atoms with Crippen molar-refractivity contribution >= 4 is 10.8 Å². The smallest absolute Gasteiger partial charge is 0.259 e. The van der Waals surface area contributed by atoms with E-state index in [0.717, 1.165) is 16.5 Å². The van der Waals surface area contributed by atoms with Crippen molar-refractivity contribution in [3.05, 3.63) is 52.7 Å². The summed E-state index contributed by atoms with van der Waals surface area (Å²) in [5.74, 6) is 0.811. The zero-order valence-corrected chi connectivity index (χ0v) is 13.7. The first-order valence-electron chi connectivity index (χ1n) is 7.35. The predicted octanol–water partition coefficient (Wildman–Crippen LogP) is 3.09. The fourth-order valence-corrected chi connectivity index (χ4v) is 2.81. The highest BCUT2D eigenvalue weighted by atomic mass is 19.1. The van der Waals surface area contributed by atoms with Crippen molar-refractivity contribution in [2.45, 2.75) is 6.67 Å². The molecular formula is C18H17FN2O3. The van der Waals surface area contributed by atoms with Crippen molar-refractivity contribution in [3.8, 4) is 22.6 Å². The molecule has 1 aromatic carbocycles. The van der Waals surface area contributed by atoms with Gasteiger partial charge in [0.15, 0.2) is 0 Å². The van der Waals surface area contributed by atoms with E-state index in [1.165, 1.54) is 18.8 Å². The van der Waals surface area contributed by atoms with E-state index in [4.69, 9.17) is 9.47 Å². The maximum Gasteiger partial charge on any atom is 0.259 e. The molecule has 6 heteroatoms. The van der Waals surface area contributed by atoms with Crippen LogP contribution in [0, 0.1) is 0 Å². The normalized spacial score (nSPS) is 10.8. The van der Waals surface area contributed by atoms with Crippen LogP contribution in [-0.2, 0) is 13.7 Å². The maximum absolute atomic E-state index is 13.3. The Morgan fingerprint density at radius 3 is 2.42 bits per heavy atom. The SMILES string of the molecule is COc1cc(-c2cn(C)c(=O)c3cnccc23)cc(OC)c1CF. The number of nitrogens with zero attached hydrogens (tertiary/aromatic N) is 2. The van der Waals surface area contributed by atoms with Crippen LogP contribution < -0.4 is 15.0 Å². The standard InChI is InChI=1S/C18H17FN2O3/c1-21-10-15(12-4-5-20-9-14(12)18(21)22)11-6-16(23-2)13(8-19)17(7-11)24-3/h4-7,9-10H,8H2,1-3H3. The van der Waals surface area contributed by atoms with E-state index >= 15 is 0 Å². The minimum absolute atomic E-state index is 0.124. The monoisotopic (exact) mass is 328 g/mol. The van der Waals surface area contributed by atoms with Gasteiger partial charge in [-0.05, 0) is 29.1 Å². The topological polar surface area (TPSA) is 53.4 Å². The first-order chi connectivity index (χ1) is 11.6. The molecule has 124 valence electrons. The first kappa shape index (κ1) is 16.0. The Hall–Kier alpha value is -2.89. The molecule has 0 saturated heterocycles. The molecule has 0 amide bonds. The quantitative estimate of drug-likeness (QED) is 0.738. The van der Waals surface area contributed by atoms with Gasteiger partial charge in [0.05, 0.1) is 25.2 Å². The predicted molar refractivity (Wildman–Crippen MR) is 90.3 cm³/mol. The number of methoxy groups -OCH3 is 2. The number of fused-ring (bicyclic) bond motifs is 1. The van der Waals surface area contributed by atoms with Crippen molar-refractivity contribution < 1.29 is 13.9 Å². The van der Waals surface area contributed by atoms with Crippen LogP contribution in [0.25, 0.3) is 21.9 Å².